The van der Waals surface area contributed by atoms with E-state index in [2.05, 4.69) is 0 Å². The molecule has 0 amide bonds. The zero-order valence-corrected chi connectivity index (χ0v) is 16.3. The molecule has 1 fully saturated rings. The van der Waals surface area contributed by atoms with E-state index in [-0.39, 0.29) is 23.5 Å². The number of ether oxygens (including phenoxy) is 2. The summed E-state index contributed by atoms with van der Waals surface area (Å²) in [6, 6.07) is 8.23. The van der Waals surface area contributed by atoms with Crippen LogP contribution < -0.4 is 4.74 Å². The monoisotopic (exact) mass is 436 g/mol. The minimum Gasteiger partial charge on any atom is -0.508 e. The lowest BCUT2D eigenvalue weighted by Crippen LogP contribution is -2.60. The summed E-state index contributed by atoms with van der Waals surface area (Å²) in [5.41, 5.74) is 0.495. The maximum absolute atomic E-state index is 12.8. The average Bonchev–Trinajstić information content (AvgIpc) is 2.73. The number of aliphatic hydroxyl groups excluding tert-OH is 4. The van der Waals surface area contributed by atoms with Gasteiger partial charge in [0.25, 0.3) is 0 Å². The van der Waals surface area contributed by atoms with Crippen LogP contribution >= 0.6 is 0 Å². The number of hydrogen-bond acceptors (Lipinski definition) is 10. The molecule has 168 valence electrons. The first-order chi connectivity index (χ1) is 14.7. The summed E-state index contributed by atoms with van der Waals surface area (Å²) in [5, 5.41) is 68.6. The maximum atomic E-state index is 12.8. The molecular weight excluding hydrogens is 412 g/mol. The highest BCUT2D eigenvalue weighted by molar-refractivity contribution is 6.01. The van der Waals surface area contributed by atoms with Gasteiger partial charge in [0.15, 0.2) is 5.78 Å². The second-order valence-electron chi connectivity index (χ2n) is 7.24. The SMILES string of the molecule is O=C(CCc1ccc(O)cc1)c1c(O)cc(O)cc1O[C@@H]1O[C@H](CO)[C@@H](O)[C@H](O)[C@@H]1O. The number of hydrogen-bond donors (Lipinski definition) is 7. The highest BCUT2D eigenvalue weighted by atomic mass is 16.7. The number of rotatable bonds is 7. The number of phenolic OH excluding ortho intramolecular Hbond substituents is 3. The van der Waals surface area contributed by atoms with Crippen molar-refractivity contribution in [3.63, 3.8) is 0 Å². The first-order valence-corrected chi connectivity index (χ1v) is 9.55. The van der Waals surface area contributed by atoms with Crippen molar-refractivity contribution in [1.82, 2.24) is 0 Å². The van der Waals surface area contributed by atoms with Gasteiger partial charge in [-0.25, -0.2) is 0 Å². The third-order valence-electron chi connectivity index (χ3n) is 5.01. The Morgan fingerprint density at radius 2 is 1.61 bits per heavy atom. The molecule has 3 rings (SSSR count). The second-order valence-corrected chi connectivity index (χ2v) is 7.24. The summed E-state index contributed by atoms with van der Waals surface area (Å²) in [5.74, 6) is -1.74. The van der Waals surface area contributed by atoms with Gasteiger partial charge < -0.3 is 45.2 Å². The number of benzene rings is 2. The van der Waals surface area contributed by atoms with Crippen LogP contribution in [-0.4, -0.2) is 78.8 Å². The smallest absolute Gasteiger partial charge is 0.229 e. The molecule has 2 aromatic rings. The number of Topliss-reactive ketones (excluding diaryl/α,β-unsaturated/α-hetero) is 1. The van der Waals surface area contributed by atoms with E-state index >= 15 is 0 Å². The summed E-state index contributed by atoms with van der Waals surface area (Å²) in [4.78, 5) is 12.8. The fourth-order valence-corrected chi connectivity index (χ4v) is 3.30. The van der Waals surface area contributed by atoms with Crippen molar-refractivity contribution in [3.8, 4) is 23.0 Å². The van der Waals surface area contributed by atoms with Crippen LogP contribution in [0.25, 0.3) is 0 Å². The minimum atomic E-state index is -1.73. The number of carbonyl (C=O) groups is 1. The maximum Gasteiger partial charge on any atom is 0.229 e. The molecule has 7 N–H and O–H groups in total. The van der Waals surface area contributed by atoms with Gasteiger partial charge in [0.1, 0.15) is 53.0 Å². The van der Waals surface area contributed by atoms with Gasteiger partial charge in [0.2, 0.25) is 6.29 Å². The summed E-state index contributed by atoms with van der Waals surface area (Å²) in [6.45, 7) is -0.672. The average molecular weight is 436 g/mol. The Balaban J connectivity index is 1.82. The zero-order valence-electron chi connectivity index (χ0n) is 16.3. The summed E-state index contributed by atoms with van der Waals surface area (Å²) in [6.07, 6.45) is -7.61. The predicted molar refractivity (Wildman–Crippen MR) is 105 cm³/mol. The molecule has 1 aliphatic heterocycles. The van der Waals surface area contributed by atoms with Crippen molar-refractivity contribution in [2.45, 2.75) is 43.5 Å². The van der Waals surface area contributed by atoms with Crippen LogP contribution in [0.5, 0.6) is 23.0 Å². The molecule has 31 heavy (non-hydrogen) atoms. The quantitative estimate of drug-likeness (QED) is 0.288. The minimum absolute atomic E-state index is 0.0475. The third kappa shape index (κ3) is 5.06. The van der Waals surface area contributed by atoms with Crippen LogP contribution in [0.2, 0.25) is 0 Å². The predicted octanol–water partition coefficient (Wildman–Crippen LogP) is -0.202. The van der Waals surface area contributed by atoms with Crippen molar-refractivity contribution in [1.29, 1.82) is 0 Å². The topological polar surface area (TPSA) is 177 Å². The first-order valence-electron chi connectivity index (χ1n) is 9.55. The van der Waals surface area contributed by atoms with Crippen molar-refractivity contribution in [2.24, 2.45) is 0 Å². The van der Waals surface area contributed by atoms with E-state index in [1.807, 2.05) is 0 Å². The molecule has 2 aromatic carbocycles. The van der Waals surface area contributed by atoms with E-state index in [1.54, 1.807) is 12.1 Å². The lowest BCUT2D eigenvalue weighted by atomic mass is 9.99. The van der Waals surface area contributed by atoms with E-state index in [0.717, 1.165) is 17.7 Å². The molecule has 10 nitrogen and oxygen atoms in total. The molecule has 0 bridgehead atoms. The number of carbonyl (C=O) groups excluding carboxylic acids is 1. The van der Waals surface area contributed by atoms with Gasteiger partial charge in [-0.2, -0.15) is 0 Å². The van der Waals surface area contributed by atoms with Crippen LogP contribution in [0, 0.1) is 0 Å². The Bertz CT molecular complexity index is 911. The van der Waals surface area contributed by atoms with Gasteiger partial charge in [-0.15, -0.1) is 0 Å². The van der Waals surface area contributed by atoms with Gasteiger partial charge in [-0.3, -0.25) is 4.79 Å². The fourth-order valence-electron chi connectivity index (χ4n) is 3.30. The number of aliphatic hydroxyl groups is 4. The number of ketones is 1. The number of phenols is 3. The fraction of sp³-hybridized carbons (Fsp3) is 0.381. The van der Waals surface area contributed by atoms with Gasteiger partial charge in [-0.05, 0) is 24.1 Å². The van der Waals surface area contributed by atoms with Gasteiger partial charge in [0, 0.05) is 18.6 Å². The van der Waals surface area contributed by atoms with Crippen molar-refractivity contribution >= 4 is 5.78 Å². The van der Waals surface area contributed by atoms with E-state index in [0.29, 0.717) is 6.42 Å². The molecule has 0 aliphatic carbocycles. The Labute approximate surface area is 177 Å². The molecule has 1 saturated heterocycles. The zero-order chi connectivity index (χ0) is 22.7. The Morgan fingerprint density at radius 3 is 2.26 bits per heavy atom. The molecule has 0 radical (unpaired) electrons. The number of aryl methyl sites for hydroxylation is 1. The molecule has 5 atom stereocenters. The highest BCUT2D eigenvalue weighted by Crippen LogP contribution is 2.36. The molecule has 1 aliphatic rings. The number of aromatic hydroxyl groups is 3. The Hall–Kier alpha value is -2.89. The summed E-state index contributed by atoms with van der Waals surface area (Å²) in [7, 11) is 0. The second kappa shape index (κ2) is 9.50. The van der Waals surface area contributed by atoms with Crippen molar-refractivity contribution in [3.05, 3.63) is 47.5 Å². The molecular formula is C21H24O10. The van der Waals surface area contributed by atoms with Crippen LogP contribution in [0.4, 0.5) is 0 Å². The lowest BCUT2D eigenvalue weighted by Gasteiger charge is -2.39. The Morgan fingerprint density at radius 1 is 0.935 bits per heavy atom. The third-order valence-corrected chi connectivity index (χ3v) is 5.01. The van der Waals surface area contributed by atoms with Crippen LogP contribution in [0.3, 0.4) is 0 Å². The molecule has 10 heteroatoms. The standard InChI is InChI=1S/C21H24O10/c22-9-16-18(27)19(28)20(29)21(31-16)30-15-8-12(24)7-14(26)17(15)13(25)6-3-10-1-4-11(23)5-2-10/h1-2,4-5,7-8,16,18-24,26-29H,3,6,9H2/t16-,18-,19+,20+,21-/m1/s1. The van der Waals surface area contributed by atoms with Crippen LogP contribution in [-0.2, 0) is 11.2 Å². The van der Waals surface area contributed by atoms with Crippen LogP contribution in [0.15, 0.2) is 36.4 Å². The molecule has 1 heterocycles. The van der Waals surface area contributed by atoms with Gasteiger partial charge in [0.05, 0.1) is 6.61 Å². The molecule has 0 aromatic heterocycles. The van der Waals surface area contributed by atoms with Crippen molar-refractivity contribution in [2.75, 3.05) is 6.61 Å². The van der Waals surface area contributed by atoms with E-state index in [1.165, 1.54) is 12.1 Å². The largest absolute Gasteiger partial charge is 0.508 e. The summed E-state index contributed by atoms with van der Waals surface area (Å²) >= 11 is 0. The van der Waals surface area contributed by atoms with E-state index < -0.39 is 54.6 Å². The molecule has 0 spiro atoms. The molecule has 0 unspecified atom stereocenters. The van der Waals surface area contributed by atoms with E-state index in [4.69, 9.17) is 9.47 Å². The summed E-state index contributed by atoms with van der Waals surface area (Å²) < 4.78 is 10.7. The van der Waals surface area contributed by atoms with Gasteiger partial charge >= 0.3 is 0 Å². The van der Waals surface area contributed by atoms with Crippen LogP contribution in [0.1, 0.15) is 22.3 Å². The normalized spacial score (nSPS) is 25.9. The Kier molecular flexibility index (Phi) is 6.98. The van der Waals surface area contributed by atoms with Crippen molar-refractivity contribution < 1.29 is 50.0 Å². The lowest BCUT2D eigenvalue weighted by molar-refractivity contribution is -0.277. The van der Waals surface area contributed by atoms with E-state index in [9.17, 15) is 40.5 Å². The first kappa shape index (κ1) is 22.8. The molecule has 0 saturated carbocycles. The van der Waals surface area contributed by atoms with Gasteiger partial charge in [-0.1, -0.05) is 12.1 Å². The highest BCUT2D eigenvalue weighted by Gasteiger charge is 2.45.